The van der Waals surface area contributed by atoms with E-state index in [-0.39, 0.29) is 6.10 Å². The Morgan fingerprint density at radius 3 is 2.43 bits per heavy atom. The summed E-state index contributed by atoms with van der Waals surface area (Å²) in [6.45, 7) is 6.34. The lowest BCUT2D eigenvalue weighted by Crippen LogP contribution is -2.42. The highest BCUT2D eigenvalue weighted by Crippen LogP contribution is 2.69. The molecule has 0 amide bonds. The molecule has 3 aliphatic rings. The molecule has 122 valence electrons. The molecule has 0 aliphatic heterocycles. The van der Waals surface area contributed by atoms with Crippen molar-refractivity contribution >= 4 is 0 Å². The first-order chi connectivity index (χ1) is 9.77. The van der Waals surface area contributed by atoms with E-state index in [1.54, 1.807) is 0 Å². The van der Waals surface area contributed by atoms with Gasteiger partial charge in [-0.15, -0.1) is 0 Å². The molecule has 4 atom stereocenters. The molecular formula is C19H34O2. The molecule has 0 aromatic carbocycles. The minimum absolute atomic E-state index is 0.0408. The Bertz CT molecular complexity index is 380. The zero-order chi connectivity index (χ0) is 15.3. The van der Waals surface area contributed by atoms with Crippen LogP contribution in [0, 0.1) is 22.7 Å². The van der Waals surface area contributed by atoms with Gasteiger partial charge in [0.1, 0.15) is 0 Å². The van der Waals surface area contributed by atoms with Crippen molar-refractivity contribution in [1.29, 1.82) is 0 Å². The Balaban J connectivity index is 1.66. The predicted octanol–water partition coefficient (Wildman–Crippen LogP) is 4.29. The monoisotopic (exact) mass is 294 g/mol. The molecule has 3 fully saturated rings. The predicted molar refractivity (Wildman–Crippen MR) is 86.0 cm³/mol. The summed E-state index contributed by atoms with van der Waals surface area (Å²) in [6, 6.07) is 0. The lowest BCUT2D eigenvalue weighted by molar-refractivity contribution is -0.0342. The van der Waals surface area contributed by atoms with Gasteiger partial charge in [-0.1, -0.05) is 19.8 Å². The van der Waals surface area contributed by atoms with Gasteiger partial charge in [0.05, 0.1) is 11.7 Å². The van der Waals surface area contributed by atoms with Crippen molar-refractivity contribution < 1.29 is 10.2 Å². The highest BCUT2D eigenvalue weighted by Gasteiger charge is 2.61. The van der Waals surface area contributed by atoms with Crippen molar-refractivity contribution in [2.24, 2.45) is 22.7 Å². The van der Waals surface area contributed by atoms with Crippen LogP contribution in [0.15, 0.2) is 0 Å². The Morgan fingerprint density at radius 1 is 1.10 bits per heavy atom. The SMILES string of the molecule is CC(C)(O)CCCC1([C@H]2CC[C@H]3[C@@H](O)CCC[C@]23C)CC1. The Hall–Kier alpha value is -0.0800. The minimum Gasteiger partial charge on any atom is -0.393 e. The molecule has 2 heteroatoms. The lowest BCUT2D eigenvalue weighted by Gasteiger charge is -2.46. The number of hydrogen-bond acceptors (Lipinski definition) is 2. The van der Waals surface area contributed by atoms with E-state index in [0.29, 0.717) is 16.7 Å². The van der Waals surface area contributed by atoms with Crippen LogP contribution in [-0.2, 0) is 0 Å². The van der Waals surface area contributed by atoms with Gasteiger partial charge in [-0.25, -0.2) is 0 Å². The molecule has 0 bridgehead atoms. The van der Waals surface area contributed by atoms with Crippen molar-refractivity contribution in [3.63, 3.8) is 0 Å². The van der Waals surface area contributed by atoms with Crippen molar-refractivity contribution in [1.82, 2.24) is 0 Å². The van der Waals surface area contributed by atoms with Crippen LogP contribution < -0.4 is 0 Å². The van der Waals surface area contributed by atoms with Crippen LogP contribution in [0.25, 0.3) is 0 Å². The molecule has 3 rings (SSSR count). The van der Waals surface area contributed by atoms with Gasteiger partial charge < -0.3 is 10.2 Å². The first-order valence-electron chi connectivity index (χ1n) is 9.17. The Labute approximate surface area is 130 Å². The van der Waals surface area contributed by atoms with Crippen molar-refractivity contribution in [2.75, 3.05) is 0 Å². The van der Waals surface area contributed by atoms with Gasteiger partial charge in [0.2, 0.25) is 0 Å². The number of hydrogen-bond donors (Lipinski definition) is 2. The third-order valence-electron chi connectivity index (χ3n) is 7.18. The average molecular weight is 294 g/mol. The first kappa shape index (κ1) is 15.8. The van der Waals surface area contributed by atoms with Crippen LogP contribution in [0.1, 0.15) is 85.0 Å². The molecule has 0 saturated heterocycles. The number of aliphatic hydroxyl groups is 2. The number of rotatable bonds is 5. The van der Waals surface area contributed by atoms with E-state index in [0.717, 1.165) is 25.2 Å². The van der Waals surface area contributed by atoms with Gasteiger partial charge in [-0.05, 0) is 87.9 Å². The van der Waals surface area contributed by atoms with Crippen LogP contribution >= 0.6 is 0 Å². The van der Waals surface area contributed by atoms with E-state index >= 15 is 0 Å². The Kier molecular flexibility index (Phi) is 3.94. The van der Waals surface area contributed by atoms with Crippen LogP contribution in [0.3, 0.4) is 0 Å². The fourth-order valence-electron chi connectivity index (χ4n) is 5.96. The minimum atomic E-state index is -0.515. The molecule has 2 nitrogen and oxygen atoms in total. The standard InChI is InChI=1S/C19H34O2/c1-17(2,21)9-5-11-19(12-13-19)16-8-7-14-15(20)6-4-10-18(14,16)3/h14-16,20-21H,4-13H2,1-3H3/t14-,15-,16-,18-/m0/s1. The maximum absolute atomic E-state index is 10.4. The summed E-state index contributed by atoms with van der Waals surface area (Å²) in [6.07, 6.45) is 12.3. The van der Waals surface area contributed by atoms with Gasteiger partial charge >= 0.3 is 0 Å². The van der Waals surface area contributed by atoms with E-state index in [2.05, 4.69) is 6.92 Å². The largest absolute Gasteiger partial charge is 0.393 e. The summed E-state index contributed by atoms with van der Waals surface area (Å²) in [5.41, 5.74) is 0.438. The maximum Gasteiger partial charge on any atom is 0.0591 e. The second kappa shape index (κ2) is 5.23. The molecule has 0 unspecified atom stereocenters. The summed E-state index contributed by atoms with van der Waals surface area (Å²) in [4.78, 5) is 0. The van der Waals surface area contributed by atoms with E-state index in [1.807, 2.05) is 13.8 Å². The summed E-state index contributed by atoms with van der Waals surface area (Å²) < 4.78 is 0. The zero-order valence-corrected chi connectivity index (χ0v) is 14.2. The second-order valence-corrected chi connectivity index (χ2v) is 9.23. The van der Waals surface area contributed by atoms with Gasteiger partial charge in [-0.3, -0.25) is 0 Å². The molecular weight excluding hydrogens is 260 g/mol. The normalized spacial score (nSPS) is 41.9. The summed E-state index contributed by atoms with van der Waals surface area (Å²) in [5, 5.41) is 20.3. The highest BCUT2D eigenvalue weighted by molar-refractivity contribution is 5.10. The third-order valence-corrected chi connectivity index (χ3v) is 7.18. The number of fused-ring (bicyclic) bond motifs is 1. The summed E-state index contributed by atoms with van der Waals surface area (Å²) in [7, 11) is 0. The van der Waals surface area contributed by atoms with Crippen molar-refractivity contribution in [3.05, 3.63) is 0 Å². The van der Waals surface area contributed by atoms with Crippen LogP contribution in [-0.4, -0.2) is 21.9 Å². The fourth-order valence-corrected chi connectivity index (χ4v) is 5.96. The van der Waals surface area contributed by atoms with E-state index in [9.17, 15) is 10.2 Å². The molecule has 21 heavy (non-hydrogen) atoms. The molecule has 0 aromatic heterocycles. The van der Waals surface area contributed by atoms with Gasteiger partial charge in [0.25, 0.3) is 0 Å². The van der Waals surface area contributed by atoms with Gasteiger partial charge in [-0.2, -0.15) is 0 Å². The molecule has 0 heterocycles. The van der Waals surface area contributed by atoms with Crippen LogP contribution in [0.5, 0.6) is 0 Å². The summed E-state index contributed by atoms with van der Waals surface area (Å²) in [5.74, 6) is 1.38. The van der Waals surface area contributed by atoms with Gasteiger partial charge in [0.15, 0.2) is 0 Å². The van der Waals surface area contributed by atoms with Crippen LogP contribution in [0.4, 0.5) is 0 Å². The molecule has 0 radical (unpaired) electrons. The van der Waals surface area contributed by atoms with Gasteiger partial charge in [0, 0.05) is 0 Å². The zero-order valence-electron chi connectivity index (χ0n) is 14.2. The smallest absolute Gasteiger partial charge is 0.0591 e. The van der Waals surface area contributed by atoms with E-state index < -0.39 is 5.60 Å². The highest BCUT2D eigenvalue weighted by atomic mass is 16.3. The van der Waals surface area contributed by atoms with Crippen molar-refractivity contribution in [2.45, 2.75) is 96.7 Å². The number of aliphatic hydroxyl groups excluding tert-OH is 1. The van der Waals surface area contributed by atoms with E-state index in [1.165, 1.54) is 44.9 Å². The fraction of sp³-hybridized carbons (Fsp3) is 1.00. The molecule has 2 N–H and O–H groups in total. The van der Waals surface area contributed by atoms with Crippen molar-refractivity contribution in [3.8, 4) is 0 Å². The quantitative estimate of drug-likeness (QED) is 0.794. The molecule has 0 spiro atoms. The lowest BCUT2D eigenvalue weighted by atomic mass is 9.60. The van der Waals surface area contributed by atoms with Crippen LogP contribution in [0.2, 0.25) is 0 Å². The Morgan fingerprint density at radius 2 is 1.81 bits per heavy atom. The van der Waals surface area contributed by atoms with E-state index in [4.69, 9.17) is 0 Å². The summed E-state index contributed by atoms with van der Waals surface area (Å²) >= 11 is 0. The maximum atomic E-state index is 10.4. The molecule has 3 aliphatic carbocycles. The topological polar surface area (TPSA) is 40.5 Å². The first-order valence-corrected chi connectivity index (χ1v) is 9.17. The average Bonchev–Trinajstić information content (AvgIpc) is 3.03. The second-order valence-electron chi connectivity index (χ2n) is 9.23. The third kappa shape index (κ3) is 2.91. The molecule has 0 aromatic rings. The molecule has 3 saturated carbocycles.